The van der Waals surface area contributed by atoms with Gasteiger partial charge in [-0.15, -0.1) is 0 Å². The minimum Gasteiger partial charge on any atom is -0.448 e. The van der Waals surface area contributed by atoms with Crippen molar-refractivity contribution in [3.05, 3.63) is 35.4 Å². The molecule has 0 fully saturated rings. The van der Waals surface area contributed by atoms with Crippen molar-refractivity contribution in [2.24, 2.45) is 5.73 Å². The zero-order chi connectivity index (χ0) is 12.4. The molecule has 17 heavy (non-hydrogen) atoms. The fraction of sp³-hybridized carbons (Fsp3) is 0.364. The van der Waals surface area contributed by atoms with Gasteiger partial charge >= 0.3 is 6.09 Å². The molecule has 0 aromatic heterocycles. The van der Waals surface area contributed by atoms with Crippen molar-refractivity contribution in [2.45, 2.75) is 12.5 Å². The zero-order valence-corrected chi connectivity index (χ0v) is 9.11. The second-order valence-corrected chi connectivity index (χ2v) is 3.78. The number of primary amides is 1. The van der Waals surface area contributed by atoms with Gasteiger partial charge in [-0.25, -0.2) is 9.69 Å². The third kappa shape index (κ3) is 2.23. The molecule has 1 heterocycles. The highest BCUT2D eigenvalue weighted by Crippen LogP contribution is 2.38. The summed E-state index contributed by atoms with van der Waals surface area (Å²) in [7, 11) is 0. The lowest BCUT2D eigenvalue weighted by Crippen LogP contribution is -2.31. The SMILES string of the molecule is NC(=O)OCCN1C(O)c2ccccc2C1O. The van der Waals surface area contributed by atoms with Crippen LogP contribution in [0.25, 0.3) is 0 Å². The fourth-order valence-corrected chi connectivity index (χ4v) is 1.97. The van der Waals surface area contributed by atoms with E-state index in [0.29, 0.717) is 11.1 Å². The van der Waals surface area contributed by atoms with Crippen LogP contribution in [0.15, 0.2) is 24.3 Å². The maximum atomic E-state index is 10.4. The third-order valence-corrected chi connectivity index (χ3v) is 2.77. The summed E-state index contributed by atoms with van der Waals surface area (Å²) < 4.78 is 4.57. The minimum atomic E-state index is -0.891. The summed E-state index contributed by atoms with van der Waals surface area (Å²) in [6, 6.07) is 7.08. The van der Waals surface area contributed by atoms with Gasteiger partial charge in [0.25, 0.3) is 0 Å². The Hall–Kier alpha value is -1.63. The van der Waals surface area contributed by atoms with Gasteiger partial charge < -0.3 is 20.7 Å². The first-order valence-electron chi connectivity index (χ1n) is 5.24. The second-order valence-electron chi connectivity index (χ2n) is 3.78. The average molecular weight is 238 g/mol. The van der Waals surface area contributed by atoms with Gasteiger partial charge in [-0.3, -0.25) is 0 Å². The number of carbonyl (C=O) groups is 1. The van der Waals surface area contributed by atoms with Crippen molar-refractivity contribution in [1.29, 1.82) is 0 Å². The number of benzene rings is 1. The number of hydrogen-bond donors (Lipinski definition) is 3. The van der Waals surface area contributed by atoms with Gasteiger partial charge in [-0.1, -0.05) is 24.3 Å². The first-order chi connectivity index (χ1) is 8.11. The lowest BCUT2D eigenvalue weighted by molar-refractivity contribution is -0.0901. The maximum absolute atomic E-state index is 10.4. The van der Waals surface area contributed by atoms with E-state index in [1.807, 2.05) is 0 Å². The van der Waals surface area contributed by atoms with Gasteiger partial charge in [0, 0.05) is 17.7 Å². The van der Waals surface area contributed by atoms with Crippen molar-refractivity contribution < 1.29 is 19.7 Å². The molecule has 4 N–H and O–H groups in total. The number of nitrogens with two attached hydrogens (primary N) is 1. The molecule has 0 bridgehead atoms. The van der Waals surface area contributed by atoms with E-state index < -0.39 is 18.5 Å². The third-order valence-electron chi connectivity index (χ3n) is 2.77. The summed E-state index contributed by atoms with van der Waals surface area (Å²) in [5.74, 6) is 0. The molecule has 0 aliphatic carbocycles. The zero-order valence-electron chi connectivity index (χ0n) is 9.11. The summed E-state index contributed by atoms with van der Waals surface area (Å²) in [4.78, 5) is 11.8. The predicted molar refractivity (Wildman–Crippen MR) is 58.6 cm³/mol. The van der Waals surface area contributed by atoms with Crippen LogP contribution in [0.1, 0.15) is 23.6 Å². The largest absolute Gasteiger partial charge is 0.448 e. The van der Waals surface area contributed by atoms with Gasteiger partial charge in [0.15, 0.2) is 0 Å². The van der Waals surface area contributed by atoms with Gasteiger partial charge in [0.1, 0.15) is 19.1 Å². The standard InChI is InChI=1S/C11H14N2O4/c12-11(16)17-6-5-13-9(14)7-3-1-2-4-8(7)10(13)15/h1-4,9-10,14-15H,5-6H2,(H2,12,16). The number of hydrogen-bond acceptors (Lipinski definition) is 5. The molecule has 0 radical (unpaired) electrons. The molecule has 6 nitrogen and oxygen atoms in total. The summed E-state index contributed by atoms with van der Waals surface area (Å²) in [6.07, 6.45) is -2.65. The smallest absolute Gasteiger partial charge is 0.404 e. The van der Waals surface area contributed by atoms with E-state index >= 15 is 0 Å². The van der Waals surface area contributed by atoms with Crippen LogP contribution in [0.2, 0.25) is 0 Å². The summed E-state index contributed by atoms with van der Waals surface area (Å²) in [5.41, 5.74) is 6.16. The number of aliphatic hydroxyl groups is 2. The number of rotatable bonds is 3. The number of amides is 1. The van der Waals surface area contributed by atoms with Crippen molar-refractivity contribution in [3.63, 3.8) is 0 Å². The number of carbonyl (C=O) groups excluding carboxylic acids is 1. The van der Waals surface area contributed by atoms with Crippen LogP contribution in [0.4, 0.5) is 4.79 Å². The van der Waals surface area contributed by atoms with Crippen LogP contribution >= 0.6 is 0 Å². The summed E-state index contributed by atoms with van der Waals surface area (Å²) >= 11 is 0. The molecule has 1 aliphatic rings. The van der Waals surface area contributed by atoms with E-state index in [4.69, 9.17) is 5.73 Å². The quantitative estimate of drug-likeness (QED) is 0.693. The van der Waals surface area contributed by atoms with Gasteiger partial charge in [0.05, 0.1) is 0 Å². The minimum absolute atomic E-state index is 0.0252. The molecular weight excluding hydrogens is 224 g/mol. The Bertz CT molecular complexity index is 395. The monoisotopic (exact) mass is 238 g/mol. The predicted octanol–water partition coefficient (Wildman–Crippen LogP) is 0.0793. The van der Waals surface area contributed by atoms with E-state index in [1.165, 1.54) is 4.90 Å². The summed E-state index contributed by atoms with van der Waals surface area (Å²) in [6.45, 7) is 0.234. The van der Waals surface area contributed by atoms with Crippen LogP contribution in [0, 0.1) is 0 Å². The van der Waals surface area contributed by atoms with E-state index in [1.54, 1.807) is 24.3 Å². The van der Waals surface area contributed by atoms with Crippen molar-refractivity contribution >= 4 is 6.09 Å². The van der Waals surface area contributed by atoms with E-state index in [2.05, 4.69) is 4.74 Å². The van der Waals surface area contributed by atoms with Crippen LogP contribution in [0.3, 0.4) is 0 Å². The Labute approximate surface area is 98.2 Å². The Kier molecular flexibility index (Phi) is 3.28. The summed E-state index contributed by atoms with van der Waals surface area (Å²) in [5, 5.41) is 19.9. The average Bonchev–Trinajstić information content (AvgIpc) is 2.54. The van der Waals surface area contributed by atoms with Crippen molar-refractivity contribution in [3.8, 4) is 0 Å². The number of fused-ring (bicyclic) bond motifs is 1. The molecule has 6 heteroatoms. The Morgan fingerprint density at radius 1 is 1.29 bits per heavy atom. The topological polar surface area (TPSA) is 96.0 Å². The van der Waals surface area contributed by atoms with E-state index in [-0.39, 0.29) is 13.2 Å². The highest BCUT2D eigenvalue weighted by molar-refractivity contribution is 5.64. The first-order valence-corrected chi connectivity index (χ1v) is 5.24. The van der Waals surface area contributed by atoms with Crippen LogP contribution in [0.5, 0.6) is 0 Å². The van der Waals surface area contributed by atoms with Gasteiger partial charge in [-0.2, -0.15) is 0 Å². The number of nitrogens with zero attached hydrogens (tertiary/aromatic N) is 1. The van der Waals surface area contributed by atoms with Crippen molar-refractivity contribution in [1.82, 2.24) is 4.90 Å². The molecule has 1 aliphatic heterocycles. The highest BCUT2D eigenvalue weighted by Gasteiger charge is 2.35. The molecular formula is C11H14N2O4. The fourth-order valence-electron chi connectivity index (χ4n) is 1.97. The van der Waals surface area contributed by atoms with Crippen LogP contribution in [-0.2, 0) is 4.74 Å². The molecule has 0 spiro atoms. The molecule has 2 atom stereocenters. The Morgan fingerprint density at radius 3 is 2.29 bits per heavy atom. The Balaban J connectivity index is 2.05. The molecule has 2 unspecified atom stereocenters. The van der Waals surface area contributed by atoms with Crippen LogP contribution < -0.4 is 5.73 Å². The Morgan fingerprint density at radius 2 is 1.82 bits per heavy atom. The molecule has 92 valence electrons. The first kappa shape index (κ1) is 11.8. The van der Waals surface area contributed by atoms with Crippen LogP contribution in [-0.4, -0.2) is 34.4 Å². The van der Waals surface area contributed by atoms with Gasteiger partial charge in [0.2, 0.25) is 0 Å². The lowest BCUT2D eigenvalue weighted by atomic mass is 10.1. The lowest BCUT2D eigenvalue weighted by Gasteiger charge is -2.23. The molecule has 1 aromatic rings. The molecule has 0 saturated heterocycles. The maximum Gasteiger partial charge on any atom is 0.404 e. The second kappa shape index (κ2) is 4.70. The molecule has 1 amide bonds. The number of aliphatic hydroxyl groups excluding tert-OH is 2. The van der Waals surface area contributed by atoms with E-state index in [9.17, 15) is 15.0 Å². The highest BCUT2D eigenvalue weighted by atomic mass is 16.5. The van der Waals surface area contributed by atoms with Gasteiger partial charge in [-0.05, 0) is 0 Å². The normalized spacial score (nSPS) is 23.4. The van der Waals surface area contributed by atoms with Crippen molar-refractivity contribution in [2.75, 3.05) is 13.2 Å². The molecule has 2 rings (SSSR count). The molecule has 1 aromatic carbocycles. The van der Waals surface area contributed by atoms with E-state index in [0.717, 1.165) is 0 Å². The number of ether oxygens (including phenoxy) is 1. The molecule has 0 saturated carbocycles.